The zero-order chi connectivity index (χ0) is 47.8. The Hall–Kier alpha value is -5.79. The van der Waals surface area contributed by atoms with Crippen LogP contribution in [-0.4, -0.2) is 123 Å². The Bertz CT molecular complexity index is 2600. The van der Waals surface area contributed by atoms with Gasteiger partial charge in [0.25, 0.3) is 0 Å². The van der Waals surface area contributed by atoms with Crippen LogP contribution >= 0.6 is 0 Å². The number of phenolic OH excluding ortho intramolecular Hbond substituents is 1. The van der Waals surface area contributed by atoms with Crippen LogP contribution in [0, 0.1) is 17.8 Å². The van der Waals surface area contributed by atoms with E-state index in [9.17, 15) is 9.90 Å². The lowest BCUT2D eigenvalue weighted by Gasteiger charge is -2.65. The number of Topliss-reactive ketones (excluding diaryl/α,β-unsaturated/α-hetero) is 2. The van der Waals surface area contributed by atoms with Crippen LogP contribution in [0.1, 0.15) is 95.6 Å². The van der Waals surface area contributed by atoms with Crippen molar-refractivity contribution in [3.8, 4) is 17.2 Å². The van der Waals surface area contributed by atoms with Gasteiger partial charge in [-0.15, -0.1) is 0 Å². The number of hydrogen-bond donors (Lipinski definition) is 1. The van der Waals surface area contributed by atoms with Crippen molar-refractivity contribution in [2.45, 2.75) is 109 Å². The van der Waals surface area contributed by atoms with Gasteiger partial charge in [-0.2, -0.15) is 0 Å². The lowest BCUT2D eigenvalue weighted by Crippen LogP contribution is -2.82. The van der Waals surface area contributed by atoms with E-state index in [2.05, 4.69) is 50.7 Å². The molecule has 358 valence electrons. The standard InChI is InChI=1S/C55H66N6O7/c1-35(2)14-12-21-53(7)23-20-37-47(63)44-48(64)45-46(61-32-28-59(29-33-61)42-16-9-11-25-57-42)39-34-40-52(5,6)68-54(51(39)65,55(40,45)67-50(44)38(49(37)66-53)19-18-36(3)4)22-13-17-43(62)60-30-26-58(27-31-60)41-15-8-10-24-56-41/h8-11,13-18,20,23-25,39-40,45-46,63H,12,19,21-22,26-34H2,1-7H3/b17-13+/t39-,40?,45?,46?,53+,54-,55-/m0/s1. The number of amides is 1. The molecule has 3 saturated carbocycles. The number of carbonyl (C=O) groups excluding carboxylic acids is 3. The van der Waals surface area contributed by atoms with Crippen molar-refractivity contribution in [3.05, 3.63) is 107 Å². The smallest absolute Gasteiger partial charge is 0.246 e. The van der Waals surface area contributed by atoms with Crippen molar-refractivity contribution in [1.29, 1.82) is 0 Å². The van der Waals surface area contributed by atoms with Gasteiger partial charge in [-0.1, -0.05) is 41.5 Å². The summed E-state index contributed by atoms with van der Waals surface area (Å²) in [7, 11) is 0. The van der Waals surface area contributed by atoms with E-state index in [0.29, 0.717) is 88.5 Å². The number of anilines is 2. The molecule has 3 saturated heterocycles. The van der Waals surface area contributed by atoms with Crippen molar-refractivity contribution >= 4 is 35.2 Å². The molecule has 4 bridgehead atoms. The van der Waals surface area contributed by atoms with E-state index in [1.165, 1.54) is 5.57 Å². The summed E-state index contributed by atoms with van der Waals surface area (Å²) in [6.07, 6.45) is 17.5. The fraction of sp³-hybridized carbons (Fsp3) is 0.509. The van der Waals surface area contributed by atoms with E-state index in [4.69, 9.17) is 14.2 Å². The number of benzene rings is 1. The number of aromatic nitrogens is 2. The third-order valence-corrected chi connectivity index (χ3v) is 16.0. The van der Waals surface area contributed by atoms with E-state index >= 15 is 9.59 Å². The maximum Gasteiger partial charge on any atom is 0.246 e. The van der Waals surface area contributed by atoms with Gasteiger partial charge in [0.15, 0.2) is 22.8 Å². The van der Waals surface area contributed by atoms with E-state index in [0.717, 1.165) is 23.6 Å². The molecule has 8 aliphatic rings. The van der Waals surface area contributed by atoms with Crippen LogP contribution in [0.5, 0.6) is 17.2 Å². The zero-order valence-electron chi connectivity index (χ0n) is 40.7. The summed E-state index contributed by atoms with van der Waals surface area (Å²) in [5.74, 6) is 0.0689. The number of piperazine rings is 2. The molecule has 3 unspecified atom stereocenters. The number of ether oxygens (including phenoxy) is 3. The first kappa shape index (κ1) is 46.0. The second-order valence-electron chi connectivity index (χ2n) is 21.2. The van der Waals surface area contributed by atoms with Crippen molar-refractivity contribution in [2.24, 2.45) is 17.8 Å². The first-order chi connectivity index (χ1) is 32.6. The number of hydrogen-bond acceptors (Lipinski definition) is 12. The minimum Gasteiger partial charge on any atom is -0.506 e. The van der Waals surface area contributed by atoms with Crippen molar-refractivity contribution in [1.82, 2.24) is 19.8 Å². The van der Waals surface area contributed by atoms with Crippen molar-refractivity contribution in [3.63, 3.8) is 0 Å². The van der Waals surface area contributed by atoms with Gasteiger partial charge >= 0.3 is 0 Å². The molecule has 11 rings (SSSR count). The second-order valence-corrected chi connectivity index (χ2v) is 21.2. The Morgan fingerprint density at radius 2 is 1.49 bits per heavy atom. The predicted octanol–water partition coefficient (Wildman–Crippen LogP) is 7.78. The summed E-state index contributed by atoms with van der Waals surface area (Å²) in [6.45, 7) is 19.2. The molecular formula is C55H66N6O7. The number of nitrogens with zero attached hydrogens (tertiary/aromatic N) is 6. The zero-order valence-corrected chi connectivity index (χ0v) is 40.7. The van der Waals surface area contributed by atoms with Gasteiger partial charge in [0.05, 0.1) is 17.1 Å². The Kier molecular flexibility index (Phi) is 11.7. The summed E-state index contributed by atoms with van der Waals surface area (Å²) in [5, 5.41) is 12.5. The molecule has 13 nitrogen and oxygen atoms in total. The van der Waals surface area contributed by atoms with Gasteiger partial charge in [0.2, 0.25) is 5.91 Å². The highest BCUT2D eigenvalue weighted by Gasteiger charge is 2.86. The third-order valence-electron chi connectivity index (χ3n) is 16.0. The molecule has 6 fully saturated rings. The molecule has 1 aromatic carbocycles. The molecule has 7 atom stereocenters. The largest absolute Gasteiger partial charge is 0.506 e. The lowest BCUT2D eigenvalue weighted by molar-refractivity contribution is -0.213. The normalized spacial score (nSPS) is 30.1. The Morgan fingerprint density at radius 1 is 0.838 bits per heavy atom. The minimum absolute atomic E-state index is 0.0447. The molecule has 2 aromatic heterocycles. The second kappa shape index (κ2) is 17.3. The van der Waals surface area contributed by atoms with Crippen LogP contribution in [0.4, 0.5) is 11.6 Å². The van der Waals surface area contributed by atoms with Gasteiger partial charge < -0.3 is 34.0 Å². The molecular weight excluding hydrogens is 857 g/mol. The number of aromatic hydroxyl groups is 1. The van der Waals surface area contributed by atoms with E-state index in [-0.39, 0.29) is 46.9 Å². The topological polar surface area (TPSA) is 138 Å². The lowest BCUT2D eigenvalue weighted by atomic mass is 9.44. The van der Waals surface area contributed by atoms with Crippen molar-refractivity contribution < 1.29 is 33.7 Å². The van der Waals surface area contributed by atoms with Crippen molar-refractivity contribution in [2.75, 3.05) is 62.2 Å². The fourth-order valence-electron chi connectivity index (χ4n) is 12.8. The van der Waals surface area contributed by atoms with E-state index in [1.807, 2.05) is 88.1 Å². The highest BCUT2D eigenvalue weighted by molar-refractivity contribution is 6.10. The number of phenols is 1. The Labute approximate surface area is 400 Å². The maximum absolute atomic E-state index is 16.2. The first-order valence-electron chi connectivity index (χ1n) is 24.6. The minimum atomic E-state index is -1.61. The van der Waals surface area contributed by atoms with Crippen LogP contribution in [0.3, 0.4) is 0 Å². The molecule has 1 amide bonds. The highest BCUT2D eigenvalue weighted by Crippen LogP contribution is 2.71. The van der Waals surface area contributed by atoms with Gasteiger partial charge in [0, 0.05) is 94.6 Å². The van der Waals surface area contributed by atoms with Crippen LogP contribution in [0.25, 0.3) is 6.08 Å². The average molecular weight is 923 g/mol. The molecule has 13 heteroatoms. The summed E-state index contributed by atoms with van der Waals surface area (Å²) >= 11 is 0. The van der Waals surface area contributed by atoms with Crippen LogP contribution < -0.4 is 19.3 Å². The van der Waals surface area contributed by atoms with E-state index in [1.54, 1.807) is 24.5 Å². The number of carbonyl (C=O) groups is 3. The highest BCUT2D eigenvalue weighted by atomic mass is 16.6. The molecule has 1 spiro atoms. The molecule has 3 aliphatic carbocycles. The monoisotopic (exact) mass is 922 g/mol. The Balaban J connectivity index is 1.07. The van der Waals surface area contributed by atoms with Gasteiger partial charge in [-0.25, -0.2) is 9.97 Å². The average Bonchev–Trinajstić information content (AvgIpc) is 3.47. The van der Waals surface area contributed by atoms with Crippen LogP contribution in [-0.2, 0) is 20.7 Å². The number of pyridine rings is 2. The summed E-state index contributed by atoms with van der Waals surface area (Å²) < 4.78 is 22.0. The molecule has 0 radical (unpaired) electrons. The third kappa shape index (κ3) is 7.46. The molecule has 1 N–H and O–H groups in total. The number of rotatable bonds is 11. The molecule has 68 heavy (non-hydrogen) atoms. The fourth-order valence-corrected chi connectivity index (χ4v) is 12.8. The van der Waals surface area contributed by atoms with Crippen LogP contribution in [0.2, 0.25) is 0 Å². The summed E-state index contributed by atoms with van der Waals surface area (Å²) in [5.41, 5.74) is -1.12. The van der Waals surface area contributed by atoms with Gasteiger partial charge in [-0.3, -0.25) is 19.3 Å². The number of allylic oxidation sites excluding steroid dienone is 4. The predicted molar refractivity (Wildman–Crippen MR) is 262 cm³/mol. The maximum atomic E-state index is 16.2. The molecule has 3 aromatic rings. The SMILES string of the molecule is CC(C)=CCC[C@]1(C)C=Cc2c(O)c3c(c(CC=C(C)C)c2O1)O[C@]12C(C3=O)C(N3CCN(c4ccccn4)CC3)[C@@H]3CC1C(C)(C)O[C@@]2(C/C=C/C(=O)N1CCN(c2ccccn2)CC1)C3=O. The van der Waals surface area contributed by atoms with Crippen LogP contribution in [0.15, 0.2) is 90.3 Å². The molecule has 5 aliphatic heterocycles. The molecule has 7 heterocycles. The number of ketones is 2. The first-order valence-corrected chi connectivity index (χ1v) is 24.6. The van der Waals surface area contributed by atoms with E-state index < -0.39 is 40.3 Å². The van der Waals surface area contributed by atoms with Gasteiger partial charge in [0.1, 0.15) is 40.0 Å². The number of fused-ring (bicyclic) bond motifs is 2. The van der Waals surface area contributed by atoms with Gasteiger partial charge in [-0.05, 0) is 117 Å². The quantitative estimate of drug-likeness (QED) is 0.149. The Morgan fingerprint density at radius 3 is 2.10 bits per heavy atom. The summed E-state index contributed by atoms with van der Waals surface area (Å²) in [6, 6.07) is 11.2. The summed E-state index contributed by atoms with van der Waals surface area (Å²) in [4.78, 5) is 63.6.